The van der Waals surface area contributed by atoms with Gasteiger partial charge >= 0.3 is 17.9 Å². The minimum Gasteiger partial charge on any atom is -0.463 e. The van der Waals surface area contributed by atoms with Crippen LogP contribution in [0.15, 0.2) is 0 Å². The average molecular weight is 334 g/mol. The van der Waals surface area contributed by atoms with E-state index < -0.39 is 48.6 Å². The van der Waals surface area contributed by atoms with Crippen LogP contribution in [0.4, 0.5) is 0 Å². The predicted octanol–water partition coefficient (Wildman–Crippen LogP) is -0.465. The SMILES string of the molecule is CCOC1C(OC(C)=O)C(O)OC(COC(C)=O)C1OC(C)=O. The van der Waals surface area contributed by atoms with Crippen LogP contribution in [0, 0.1) is 0 Å². The number of hydrogen-bond donors (Lipinski definition) is 1. The maximum Gasteiger partial charge on any atom is 0.303 e. The normalized spacial score (nSPS) is 30.4. The van der Waals surface area contributed by atoms with E-state index in [2.05, 4.69) is 0 Å². The number of carbonyl (C=O) groups excluding carboxylic acids is 3. The predicted molar refractivity (Wildman–Crippen MR) is 74.0 cm³/mol. The van der Waals surface area contributed by atoms with Gasteiger partial charge < -0.3 is 28.8 Å². The van der Waals surface area contributed by atoms with Gasteiger partial charge in [0.05, 0.1) is 0 Å². The molecule has 0 spiro atoms. The average Bonchev–Trinajstić information content (AvgIpc) is 2.43. The number of ether oxygens (including phenoxy) is 5. The van der Waals surface area contributed by atoms with Crippen molar-refractivity contribution in [1.82, 2.24) is 0 Å². The van der Waals surface area contributed by atoms with Crippen molar-refractivity contribution in [1.29, 1.82) is 0 Å². The lowest BCUT2D eigenvalue weighted by Crippen LogP contribution is -2.62. The number of hydrogen-bond acceptors (Lipinski definition) is 9. The summed E-state index contributed by atoms with van der Waals surface area (Å²) in [5.41, 5.74) is 0. The fourth-order valence-corrected chi connectivity index (χ4v) is 2.26. The van der Waals surface area contributed by atoms with Crippen molar-refractivity contribution in [2.45, 2.75) is 58.4 Å². The molecule has 1 aliphatic heterocycles. The number of carbonyl (C=O) groups is 3. The third-order valence-corrected chi connectivity index (χ3v) is 3.02. The highest BCUT2D eigenvalue weighted by Gasteiger charge is 2.50. The molecule has 0 aliphatic carbocycles. The molecule has 1 aliphatic rings. The van der Waals surface area contributed by atoms with Gasteiger partial charge in [0, 0.05) is 27.4 Å². The topological polar surface area (TPSA) is 118 Å². The Bertz CT molecular complexity index is 436. The highest BCUT2D eigenvalue weighted by atomic mass is 16.7. The molecule has 5 unspecified atom stereocenters. The number of aliphatic hydroxyl groups excluding tert-OH is 1. The van der Waals surface area contributed by atoms with E-state index in [4.69, 9.17) is 23.7 Å². The van der Waals surface area contributed by atoms with E-state index in [0.717, 1.165) is 0 Å². The number of rotatable bonds is 6. The van der Waals surface area contributed by atoms with Crippen molar-refractivity contribution in [3.8, 4) is 0 Å². The van der Waals surface area contributed by atoms with Crippen molar-refractivity contribution in [2.24, 2.45) is 0 Å². The fourth-order valence-electron chi connectivity index (χ4n) is 2.26. The molecule has 0 radical (unpaired) electrons. The van der Waals surface area contributed by atoms with Crippen LogP contribution in [0.25, 0.3) is 0 Å². The third-order valence-electron chi connectivity index (χ3n) is 3.02. The number of aliphatic hydroxyl groups is 1. The van der Waals surface area contributed by atoms with Gasteiger partial charge in [-0.3, -0.25) is 14.4 Å². The Morgan fingerprint density at radius 1 is 0.957 bits per heavy atom. The summed E-state index contributed by atoms with van der Waals surface area (Å²) in [6, 6.07) is 0. The zero-order valence-electron chi connectivity index (χ0n) is 13.5. The lowest BCUT2D eigenvalue weighted by molar-refractivity contribution is -0.300. The van der Waals surface area contributed by atoms with Crippen molar-refractivity contribution < 1.29 is 43.2 Å². The van der Waals surface area contributed by atoms with E-state index in [0.29, 0.717) is 0 Å². The van der Waals surface area contributed by atoms with Gasteiger partial charge in [-0.15, -0.1) is 0 Å². The molecule has 0 aromatic heterocycles. The third kappa shape index (κ3) is 5.77. The Kier molecular flexibility index (Phi) is 7.40. The molecule has 132 valence electrons. The fraction of sp³-hybridized carbons (Fsp3) is 0.786. The summed E-state index contributed by atoms with van der Waals surface area (Å²) in [5, 5.41) is 10.0. The first-order valence-electron chi connectivity index (χ1n) is 7.19. The molecule has 9 heteroatoms. The second kappa shape index (κ2) is 8.80. The Morgan fingerprint density at radius 2 is 1.52 bits per heavy atom. The highest BCUT2D eigenvalue weighted by molar-refractivity contribution is 5.67. The lowest BCUT2D eigenvalue weighted by atomic mass is 9.98. The summed E-state index contributed by atoms with van der Waals surface area (Å²) in [6.07, 6.45) is -5.62. The molecule has 1 saturated heterocycles. The van der Waals surface area contributed by atoms with E-state index in [1.807, 2.05) is 0 Å². The largest absolute Gasteiger partial charge is 0.463 e. The van der Waals surface area contributed by atoms with Gasteiger partial charge in [-0.1, -0.05) is 0 Å². The van der Waals surface area contributed by atoms with Gasteiger partial charge in [0.15, 0.2) is 18.5 Å². The van der Waals surface area contributed by atoms with Gasteiger partial charge in [-0.25, -0.2) is 0 Å². The maximum absolute atomic E-state index is 11.3. The summed E-state index contributed by atoms with van der Waals surface area (Å²) in [4.78, 5) is 33.5. The summed E-state index contributed by atoms with van der Waals surface area (Å²) in [5.74, 6) is -1.82. The molecule has 0 aromatic rings. The van der Waals surface area contributed by atoms with Gasteiger partial charge in [-0.2, -0.15) is 0 Å². The van der Waals surface area contributed by atoms with Crippen LogP contribution in [-0.4, -0.2) is 66.9 Å². The smallest absolute Gasteiger partial charge is 0.303 e. The van der Waals surface area contributed by atoms with E-state index in [1.165, 1.54) is 20.8 Å². The van der Waals surface area contributed by atoms with E-state index in [1.54, 1.807) is 6.92 Å². The molecule has 0 bridgehead atoms. The molecule has 1 heterocycles. The number of esters is 3. The molecule has 1 fully saturated rings. The van der Waals surface area contributed by atoms with Crippen LogP contribution in [0.2, 0.25) is 0 Å². The lowest BCUT2D eigenvalue weighted by Gasteiger charge is -2.43. The Labute approximate surface area is 133 Å². The van der Waals surface area contributed by atoms with Gasteiger partial charge in [-0.05, 0) is 6.92 Å². The van der Waals surface area contributed by atoms with Crippen LogP contribution < -0.4 is 0 Å². The quantitative estimate of drug-likeness (QED) is 0.508. The Balaban J connectivity index is 3.02. The summed E-state index contributed by atoms with van der Waals surface area (Å²) >= 11 is 0. The summed E-state index contributed by atoms with van der Waals surface area (Å²) in [7, 11) is 0. The second-order valence-electron chi connectivity index (χ2n) is 4.94. The molecule has 1 rings (SSSR count). The van der Waals surface area contributed by atoms with Crippen molar-refractivity contribution in [2.75, 3.05) is 13.2 Å². The second-order valence-corrected chi connectivity index (χ2v) is 4.94. The molecule has 0 saturated carbocycles. The molecular weight excluding hydrogens is 312 g/mol. The molecule has 5 atom stereocenters. The molecule has 1 N–H and O–H groups in total. The molecule has 9 nitrogen and oxygen atoms in total. The highest BCUT2D eigenvalue weighted by Crippen LogP contribution is 2.27. The summed E-state index contributed by atoms with van der Waals surface area (Å²) in [6.45, 7) is 5.23. The van der Waals surface area contributed by atoms with Crippen molar-refractivity contribution in [3.63, 3.8) is 0 Å². The van der Waals surface area contributed by atoms with Crippen LogP contribution in [0.3, 0.4) is 0 Å². The van der Waals surface area contributed by atoms with Gasteiger partial charge in [0.2, 0.25) is 0 Å². The minimum atomic E-state index is -1.51. The molecule has 0 aromatic carbocycles. The first-order chi connectivity index (χ1) is 10.8. The monoisotopic (exact) mass is 334 g/mol. The van der Waals surface area contributed by atoms with E-state index in [-0.39, 0.29) is 13.2 Å². The van der Waals surface area contributed by atoms with Gasteiger partial charge in [0.1, 0.15) is 18.8 Å². The van der Waals surface area contributed by atoms with Crippen LogP contribution in [0.5, 0.6) is 0 Å². The van der Waals surface area contributed by atoms with Crippen molar-refractivity contribution in [3.05, 3.63) is 0 Å². The maximum atomic E-state index is 11.3. The first kappa shape index (κ1) is 19.3. The minimum absolute atomic E-state index is 0.215. The molecule has 0 amide bonds. The Morgan fingerprint density at radius 3 is 2.00 bits per heavy atom. The first-order valence-corrected chi connectivity index (χ1v) is 7.19. The van der Waals surface area contributed by atoms with Crippen LogP contribution >= 0.6 is 0 Å². The van der Waals surface area contributed by atoms with Crippen molar-refractivity contribution >= 4 is 17.9 Å². The van der Waals surface area contributed by atoms with E-state index >= 15 is 0 Å². The van der Waals surface area contributed by atoms with Crippen LogP contribution in [0.1, 0.15) is 27.7 Å². The standard InChI is InChI=1S/C14H22O9/c1-5-19-12-11(21-8(3)16)10(6-20-7(2)15)23-14(18)13(12)22-9(4)17/h10-14,18H,5-6H2,1-4H3. The van der Waals surface area contributed by atoms with Crippen LogP contribution in [-0.2, 0) is 38.1 Å². The Hall–Kier alpha value is -1.71. The van der Waals surface area contributed by atoms with E-state index in [9.17, 15) is 19.5 Å². The molecular formula is C14H22O9. The zero-order valence-corrected chi connectivity index (χ0v) is 13.5. The zero-order chi connectivity index (χ0) is 17.6. The van der Waals surface area contributed by atoms with Gasteiger partial charge in [0.25, 0.3) is 0 Å². The summed E-state index contributed by atoms with van der Waals surface area (Å²) < 4.78 is 25.8. The molecule has 23 heavy (non-hydrogen) atoms.